The monoisotopic (exact) mass is 434 g/mol. The summed E-state index contributed by atoms with van der Waals surface area (Å²) in [5, 5.41) is 0. The molecular formula is C15H36N2O8P2. The molecule has 0 aliphatic rings. The van der Waals surface area contributed by atoms with Gasteiger partial charge in [-0.15, -0.1) is 0 Å². The molecule has 0 saturated carbocycles. The first kappa shape index (κ1) is 27.1. The summed E-state index contributed by atoms with van der Waals surface area (Å²) in [5.74, 6) is 0. The summed E-state index contributed by atoms with van der Waals surface area (Å²) in [6.07, 6.45) is 2.19. The summed E-state index contributed by atoms with van der Waals surface area (Å²) in [6.45, 7) is 9.76. The highest BCUT2D eigenvalue weighted by Crippen LogP contribution is 2.36. The first-order chi connectivity index (χ1) is 12.1. The smallest absolute Gasteiger partial charge is 0.379 e. The van der Waals surface area contributed by atoms with Crippen molar-refractivity contribution in [1.29, 1.82) is 0 Å². The molecule has 0 aliphatic carbocycles. The molecular weight excluding hydrogens is 398 g/mol. The molecule has 10 nitrogen and oxygen atoms in total. The molecule has 2 unspecified atom stereocenters. The third-order valence-corrected chi connectivity index (χ3v) is 4.72. The summed E-state index contributed by atoms with van der Waals surface area (Å²) in [4.78, 5) is 17.9. The third kappa shape index (κ3) is 19.2. The van der Waals surface area contributed by atoms with Crippen molar-refractivity contribution >= 4 is 15.5 Å². The van der Waals surface area contributed by atoms with Gasteiger partial charge >= 0.3 is 15.5 Å². The largest absolute Gasteiger partial charge is 0.400 e. The first-order valence-electron chi connectivity index (χ1n) is 8.79. The van der Waals surface area contributed by atoms with Crippen LogP contribution in [0.4, 0.5) is 0 Å². The summed E-state index contributed by atoms with van der Waals surface area (Å²) >= 11 is 0. The Morgan fingerprint density at radius 3 is 1.59 bits per heavy atom. The van der Waals surface area contributed by atoms with E-state index in [1.807, 2.05) is 27.7 Å². The molecule has 6 N–H and O–H groups in total. The van der Waals surface area contributed by atoms with E-state index in [0.717, 1.165) is 12.8 Å². The number of hydrogen-bond acceptors (Lipinski definition) is 6. The molecule has 0 spiro atoms. The molecule has 0 fully saturated rings. The van der Waals surface area contributed by atoms with Gasteiger partial charge in [-0.2, -0.15) is 0 Å². The molecule has 0 aliphatic heterocycles. The lowest BCUT2D eigenvalue weighted by Gasteiger charge is -2.25. The van der Waals surface area contributed by atoms with Crippen LogP contribution in [0, 0.1) is 10.8 Å². The van der Waals surface area contributed by atoms with Gasteiger partial charge in [0.25, 0.3) is 0 Å². The van der Waals surface area contributed by atoms with Crippen LogP contribution in [0.5, 0.6) is 0 Å². The second-order valence-corrected chi connectivity index (χ2v) is 10.9. The van der Waals surface area contributed by atoms with Crippen LogP contribution in [0.25, 0.3) is 0 Å². The van der Waals surface area contributed by atoms with Gasteiger partial charge < -0.3 is 19.3 Å². The normalized spacial score (nSPS) is 17.5. The van der Waals surface area contributed by atoms with Crippen molar-refractivity contribution in [3.63, 3.8) is 0 Å². The fourth-order valence-electron chi connectivity index (χ4n) is 2.00. The lowest BCUT2D eigenvalue weighted by Crippen LogP contribution is -2.22. The van der Waals surface area contributed by atoms with Crippen molar-refractivity contribution < 1.29 is 37.4 Å². The van der Waals surface area contributed by atoms with Crippen molar-refractivity contribution in [1.82, 2.24) is 0 Å². The summed E-state index contributed by atoms with van der Waals surface area (Å²) in [6, 6.07) is 0. The minimum atomic E-state index is -3.95. The van der Waals surface area contributed by atoms with E-state index >= 15 is 0 Å². The van der Waals surface area contributed by atoms with E-state index in [0.29, 0.717) is 32.8 Å². The van der Waals surface area contributed by atoms with E-state index in [4.69, 9.17) is 39.3 Å². The Morgan fingerprint density at radius 1 is 0.741 bits per heavy atom. The van der Waals surface area contributed by atoms with Gasteiger partial charge in [0.05, 0.1) is 26.4 Å². The standard InChI is InChI=1S/C15H36N2O8P2/c1-14(2,12-24-26(16,18)19)6-5-8-22-10-11-23-9-7-15(3,4)13-25-27(17,20)21/h5-13H2,1-4H3,(H3,16,18,19)(H3,17,20,21). The van der Waals surface area contributed by atoms with E-state index in [-0.39, 0.29) is 24.0 Å². The lowest BCUT2D eigenvalue weighted by molar-refractivity contribution is 0.0271. The number of nitrogens with two attached hydrogens (primary N) is 2. The Balaban J connectivity index is 3.67. The highest BCUT2D eigenvalue weighted by molar-refractivity contribution is 7.50. The quantitative estimate of drug-likeness (QED) is 0.209. The molecule has 0 amide bonds. The van der Waals surface area contributed by atoms with Crippen LogP contribution in [0.2, 0.25) is 0 Å². The van der Waals surface area contributed by atoms with E-state index in [1.54, 1.807) is 0 Å². The number of rotatable bonds is 16. The van der Waals surface area contributed by atoms with Crippen molar-refractivity contribution in [2.45, 2.75) is 47.0 Å². The highest BCUT2D eigenvalue weighted by atomic mass is 31.2. The summed E-state index contributed by atoms with van der Waals surface area (Å²) in [5.41, 5.74) is 9.30. The summed E-state index contributed by atoms with van der Waals surface area (Å²) in [7, 11) is -7.88. The van der Waals surface area contributed by atoms with Crippen LogP contribution in [-0.2, 0) is 27.7 Å². The number of hydrogen-bond donors (Lipinski definition) is 4. The van der Waals surface area contributed by atoms with E-state index in [1.165, 1.54) is 0 Å². The fourth-order valence-corrected chi connectivity index (χ4v) is 3.07. The van der Waals surface area contributed by atoms with Crippen LogP contribution in [-0.4, -0.2) is 49.4 Å². The van der Waals surface area contributed by atoms with E-state index < -0.39 is 15.5 Å². The Morgan fingerprint density at radius 2 is 1.15 bits per heavy atom. The van der Waals surface area contributed by atoms with E-state index in [9.17, 15) is 9.13 Å². The maximum absolute atomic E-state index is 10.9. The number of ether oxygens (including phenoxy) is 2. The van der Waals surface area contributed by atoms with Crippen LogP contribution in [0.3, 0.4) is 0 Å². The Hall–Kier alpha value is 0.140. The van der Waals surface area contributed by atoms with Crippen LogP contribution < -0.4 is 11.0 Å². The minimum absolute atomic E-state index is 0.0759. The molecule has 0 heterocycles. The Bertz CT molecular complexity index is 460. The Labute approximate surface area is 162 Å². The molecule has 2 atom stereocenters. The molecule has 0 aromatic carbocycles. The van der Waals surface area contributed by atoms with Crippen molar-refractivity contribution in [3.05, 3.63) is 0 Å². The van der Waals surface area contributed by atoms with Crippen LogP contribution >= 0.6 is 15.5 Å². The zero-order chi connectivity index (χ0) is 21.2. The van der Waals surface area contributed by atoms with Gasteiger partial charge in [-0.1, -0.05) is 27.7 Å². The van der Waals surface area contributed by atoms with Crippen molar-refractivity contribution in [2.24, 2.45) is 21.8 Å². The molecule has 0 radical (unpaired) electrons. The topological polar surface area (TPSA) is 164 Å². The second-order valence-electron chi connectivity index (χ2n) is 8.08. The third-order valence-electron chi connectivity index (χ3n) is 3.72. The van der Waals surface area contributed by atoms with Gasteiger partial charge in [0, 0.05) is 13.2 Å². The molecule has 27 heavy (non-hydrogen) atoms. The van der Waals surface area contributed by atoms with Gasteiger partial charge in [0.1, 0.15) is 0 Å². The highest BCUT2D eigenvalue weighted by Gasteiger charge is 2.23. The van der Waals surface area contributed by atoms with Gasteiger partial charge in [0.2, 0.25) is 0 Å². The first-order valence-corrected chi connectivity index (χ1v) is 12.1. The Kier molecular flexibility index (Phi) is 12.0. The van der Waals surface area contributed by atoms with Crippen LogP contribution in [0.1, 0.15) is 47.0 Å². The molecule has 0 aromatic heterocycles. The second kappa shape index (κ2) is 12.0. The average molecular weight is 434 g/mol. The molecule has 0 bridgehead atoms. The predicted octanol–water partition coefficient (Wildman–Crippen LogP) is 2.39. The molecule has 0 saturated heterocycles. The van der Waals surface area contributed by atoms with Gasteiger partial charge in [-0.3, -0.25) is 9.05 Å². The zero-order valence-corrected chi connectivity index (χ0v) is 18.5. The maximum atomic E-state index is 10.9. The summed E-state index contributed by atoms with van der Waals surface area (Å²) < 4.78 is 42.4. The van der Waals surface area contributed by atoms with Gasteiger partial charge in [-0.05, 0) is 30.1 Å². The van der Waals surface area contributed by atoms with Crippen molar-refractivity contribution in [3.8, 4) is 0 Å². The SMILES string of the molecule is CC(C)(CCCOCCOCCC(C)(C)COP(N)(=O)O)COP(N)(=O)O. The van der Waals surface area contributed by atoms with Crippen LogP contribution in [0.15, 0.2) is 0 Å². The lowest BCUT2D eigenvalue weighted by atomic mass is 9.89. The van der Waals surface area contributed by atoms with Crippen molar-refractivity contribution in [2.75, 3.05) is 39.6 Å². The predicted molar refractivity (Wildman–Crippen MR) is 103 cm³/mol. The van der Waals surface area contributed by atoms with Gasteiger partial charge in [-0.25, -0.2) is 20.1 Å². The zero-order valence-electron chi connectivity index (χ0n) is 16.8. The molecule has 0 rings (SSSR count). The van der Waals surface area contributed by atoms with E-state index in [2.05, 4.69) is 0 Å². The molecule has 164 valence electrons. The molecule has 0 aromatic rings. The maximum Gasteiger partial charge on any atom is 0.400 e. The minimum Gasteiger partial charge on any atom is -0.379 e. The fraction of sp³-hybridized carbons (Fsp3) is 1.00. The van der Waals surface area contributed by atoms with Gasteiger partial charge in [0.15, 0.2) is 0 Å². The average Bonchev–Trinajstić information content (AvgIpc) is 2.48. The molecule has 12 heteroatoms.